The second-order valence-electron chi connectivity index (χ2n) is 11.0. The van der Waals surface area contributed by atoms with E-state index in [-0.39, 0.29) is 42.9 Å². The Morgan fingerprint density at radius 3 is 2.40 bits per heavy atom. The number of aliphatic hydroxyl groups is 2. The molecule has 0 saturated heterocycles. The number of halogens is 2. The van der Waals surface area contributed by atoms with Crippen LogP contribution in [-0.4, -0.2) is 41.4 Å². The van der Waals surface area contributed by atoms with Crippen molar-refractivity contribution in [1.29, 1.82) is 0 Å². The molecule has 0 aliphatic heterocycles. The Morgan fingerprint density at radius 2 is 1.80 bits per heavy atom. The van der Waals surface area contributed by atoms with E-state index in [0.717, 1.165) is 30.9 Å². The monoisotopic (exact) mass is 488 g/mol. The summed E-state index contributed by atoms with van der Waals surface area (Å²) < 4.78 is 27.3. The predicted octanol–water partition coefficient (Wildman–Crippen LogP) is 3.85. The number of rotatable bonds is 9. The van der Waals surface area contributed by atoms with Gasteiger partial charge in [0.05, 0.1) is 12.1 Å². The standard InChI is InChI=1S/C28H38F2N2O3/c1-17(34)32-25(12-19-9-22(29)13-23(30)10-19)26(35)15-31-27-21(16-33)8-7-20-6-5-18(11-24(20)27)14-28(2,3)4/h5-6,9-11,13,21,25-27,31,33,35H,7-8,12,14-16H2,1-4H3,(H,32,34)/t21?,25-,26-,27-/m0/s1. The number of hydrogen-bond acceptors (Lipinski definition) is 4. The number of aliphatic hydroxyl groups excluding tert-OH is 2. The number of carbonyl (C=O) groups excluding carboxylic acids is 1. The average Bonchev–Trinajstić information content (AvgIpc) is 2.74. The Balaban J connectivity index is 1.78. The highest BCUT2D eigenvalue weighted by Gasteiger charge is 2.31. The van der Waals surface area contributed by atoms with Gasteiger partial charge in [-0.15, -0.1) is 0 Å². The first-order valence-corrected chi connectivity index (χ1v) is 12.3. The first-order chi connectivity index (χ1) is 16.4. The lowest BCUT2D eigenvalue weighted by Gasteiger charge is -2.35. The van der Waals surface area contributed by atoms with Gasteiger partial charge in [-0.3, -0.25) is 4.79 Å². The highest BCUT2D eigenvalue weighted by Crippen LogP contribution is 2.36. The molecule has 7 heteroatoms. The number of amides is 1. The Bertz CT molecular complexity index is 1000. The summed E-state index contributed by atoms with van der Waals surface area (Å²) in [5, 5.41) is 27.2. The Hall–Kier alpha value is -2.35. The van der Waals surface area contributed by atoms with Crippen molar-refractivity contribution in [2.24, 2.45) is 11.3 Å². The van der Waals surface area contributed by atoms with E-state index in [9.17, 15) is 23.8 Å². The van der Waals surface area contributed by atoms with Crippen molar-refractivity contribution in [1.82, 2.24) is 10.6 Å². The van der Waals surface area contributed by atoms with Crippen LogP contribution in [0, 0.1) is 23.0 Å². The molecule has 0 saturated carbocycles. The number of benzene rings is 2. The largest absolute Gasteiger partial charge is 0.396 e. The van der Waals surface area contributed by atoms with Crippen LogP contribution in [0.3, 0.4) is 0 Å². The summed E-state index contributed by atoms with van der Waals surface area (Å²) in [6, 6.07) is 8.84. The molecule has 4 N–H and O–H groups in total. The molecule has 0 radical (unpaired) electrons. The molecule has 35 heavy (non-hydrogen) atoms. The van der Waals surface area contributed by atoms with Crippen LogP contribution in [0.5, 0.6) is 0 Å². The molecule has 3 rings (SSSR count). The second-order valence-corrected chi connectivity index (χ2v) is 11.0. The molecule has 1 aliphatic rings. The van der Waals surface area contributed by atoms with Gasteiger partial charge in [0.15, 0.2) is 0 Å². The number of fused-ring (bicyclic) bond motifs is 1. The zero-order valence-corrected chi connectivity index (χ0v) is 21.1. The topological polar surface area (TPSA) is 81.6 Å². The van der Waals surface area contributed by atoms with Crippen LogP contribution in [0.4, 0.5) is 8.78 Å². The maximum atomic E-state index is 13.7. The molecule has 2 aromatic rings. The maximum Gasteiger partial charge on any atom is 0.217 e. The van der Waals surface area contributed by atoms with E-state index in [0.29, 0.717) is 5.56 Å². The molecule has 0 fully saturated rings. The van der Waals surface area contributed by atoms with E-state index in [2.05, 4.69) is 49.6 Å². The maximum absolute atomic E-state index is 13.7. The van der Waals surface area contributed by atoms with Crippen LogP contribution in [0.15, 0.2) is 36.4 Å². The lowest BCUT2D eigenvalue weighted by atomic mass is 9.78. The summed E-state index contributed by atoms with van der Waals surface area (Å²) >= 11 is 0. The molecule has 5 nitrogen and oxygen atoms in total. The van der Waals surface area contributed by atoms with E-state index < -0.39 is 23.8 Å². The van der Waals surface area contributed by atoms with Crippen LogP contribution in [-0.2, 0) is 24.1 Å². The van der Waals surface area contributed by atoms with Crippen molar-refractivity contribution in [3.05, 3.63) is 70.3 Å². The smallest absolute Gasteiger partial charge is 0.217 e. The van der Waals surface area contributed by atoms with Gasteiger partial charge in [-0.25, -0.2) is 8.78 Å². The van der Waals surface area contributed by atoms with E-state index in [1.807, 2.05) is 0 Å². The molecule has 1 unspecified atom stereocenters. The Morgan fingerprint density at radius 1 is 1.11 bits per heavy atom. The number of nitrogens with one attached hydrogen (secondary N) is 2. The SMILES string of the molecule is CC(=O)N[C@@H](Cc1cc(F)cc(F)c1)[C@@H](O)CN[C@@H]1c2cc(CC(C)(C)C)ccc2CCC1CO. The van der Waals surface area contributed by atoms with Crippen molar-refractivity contribution in [2.75, 3.05) is 13.2 Å². The van der Waals surface area contributed by atoms with Crippen LogP contribution in [0.2, 0.25) is 0 Å². The molecule has 2 aromatic carbocycles. The third-order valence-electron chi connectivity index (χ3n) is 6.55. The summed E-state index contributed by atoms with van der Waals surface area (Å²) in [6.07, 6.45) is 1.71. The molecular formula is C28H38F2N2O3. The fourth-order valence-electron chi connectivity index (χ4n) is 5.04. The molecule has 0 spiro atoms. The first kappa shape index (κ1) is 27.2. The van der Waals surface area contributed by atoms with Gasteiger partial charge in [0.1, 0.15) is 11.6 Å². The summed E-state index contributed by atoms with van der Waals surface area (Å²) in [5.41, 5.74) is 4.08. The summed E-state index contributed by atoms with van der Waals surface area (Å²) in [7, 11) is 0. The molecule has 0 aromatic heterocycles. The zero-order valence-electron chi connectivity index (χ0n) is 21.1. The van der Waals surface area contributed by atoms with E-state index >= 15 is 0 Å². The van der Waals surface area contributed by atoms with Crippen molar-refractivity contribution < 1.29 is 23.8 Å². The molecule has 192 valence electrons. The van der Waals surface area contributed by atoms with Gasteiger partial charge in [-0.1, -0.05) is 39.0 Å². The van der Waals surface area contributed by atoms with Gasteiger partial charge >= 0.3 is 0 Å². The van der Waals surface area contributed by atoms with Crippen molar-refractivity contribution in [3.63, 3.8) is 0 Å². The van der Waals surface area contributed by atoms with Gasteiger partial charge < -0.3 is 20.8 Å². The van der Waals surface area contributed by atoms with Gasteiger partial charge in [-0.05, 0) is 65.5 Å². The highest BCUT2D eigenvalue weighted by atomic mass is 19.1. The number of aryl methyl sites for hydroxylation is 1. The minimum atomic E-state index is -1.01. The average molecular weight is 489 g/mol. The van der Waals surface area contributed by atoms with Crippen LogP contribution in [0.25, 0.3) is 0 Å². The summed E-state index contributed by atoms with van der Waals surface area (Å²) in [5.74, 6) is -1.75. The van der Waals surface area contributed by atoms with Gasteiger partial charge in [-0.2, -0.15) is 0 Å². The summed E-state index contributed by atoms with van der Waals surface area (Å²) in [6.45, 7) is 8.10. The minimum Gasteiger partial charge on any atom is -0.396 e. The highest BCUT2D eigenvalue weighted by molar-refractivity contribution is 5.73. The molecule has 1 aliphatic carbocycles. The Labute approximate surface area is 207 Å². The normalized spacial score (nSPS) is 19.7. The van der Waals surface area contributed by atoms with Gasteiger partial charge in [0.2, 0.25) is 5.91 Å². The lowest BCUT2D eigenvalue weighted by Crippen LogP contribution is -2.49. The molecule has 4 atom stereocenters. The molecule has 0 bridgehead atoms. The molecule has 1 amide bonds. The van der Waals surface area contributed by atoms with E-state index in [1.54, 1.807) is 0 Å². The predicted molar refractivity (Wildman–Crippen MR) is 133 cm³/mol. The minimum absolute atomic E-state index is 0.00359. The third-order valence-corrected chi connectivity index (χ3v) is 6.55. The quantitative estimate of drug-likeness (QED) is 0.432. The van der Waals surface area contributed by atoms with Gasteiger partial charge in [0, 0.05) is 38.1 Å². The number of hydrogen-bond donors (Lipinski definition) is 4. The molecular weight excluding hydrogens is 450 g/mol. The Kier molecular flexibility index (Phi) is 9.02. The molecule has 0 heterocycles. The van der Waals surface area contributed by atoms with E-state index in [4.69, 9.17) is 0 Å². The van der Waals surface area contributed by atoms with Crippen LogP contribution in [0.1, 0.15) is 62.4 Å². The first-order valence-electron chi connectivity index (χ1n) is 12.3. The van der Waals surface area contributed by atoms with Crippen LogP contribution < -0.4 is 10.6 Å². The second kappa shape index (κ2) is 11.6. The van der Waals surface area contributed by atoms with E-state index in [1.165, 1.54) is 30.2 Å². The van der Waals surface area contributed by atoms with Crippen molar-refractivity contribution >= 4 is 5.91 Å². The lowest BCUT2D eigenvalue weighted by molar-refractivity contribution is -0.120. The van der Waals surface area contributed by atoms with Crippen molar-refractivity contribution in [3.8, 4) is 0 Å². The number of carbonyl (C=O) groups is 1. The zero-order chi connectivity index (χ0) is 25.8. The van der Waals surface area contributed by atoms with Crippen LogP contribution >= 0.6 is 0 Å². The van der Waals surface area contributed by atoms with Crippen molar-refractivity contribution in [2.45, 2.75) is 71.6 Å². The van der Waals surface area contributed by atoms with Gasteiger partial charge in [0.25, 0.3) is 0 Å². The summed E-state index contributed by atoms with van der Waals surface area (Å²) in [4.78, 5) is 11.8. The third kappa shape index (κ3) is 7.82. The fraction of sp³-hybridized carbons (Fsp3) is 0.536. The fourth-order valence-corrected chi connectivity index (χ4v) is 5.04.